The summed E-state index contributed by atoms with van der Waals surface area (Å²) in [6, 6.07) is 12.7. The number of halogens is 2. The number of aromatic nitrogens is 4. The van der Waals surface area contributed by atoms with E-state index in [0.717, 1.165) is 11.6 Å². The number of carbonyl (C=O) groups is 1. The number of esters is 1. The summed E-state index contributed by atoms with van der Waals surface area (Å²) in [5.41, 5.74) is 0.715. The van der Waals surface area contributed by atoms with Crippen LogP contribution in [0.25, 0.3) is 11.8 Å². The molecule has 8 heteroatoms. The number of nitrogens with zero attached hydrogens (tertiary/aromatic N) is 4. The highest BCUT2D eigenvalue weighted by molar-refractivity contribution is 6.15. The summed E-state index contributed by atoms with van der Waals surface area (Å²) in [4.78, 5) is 12.5. The average molecular weight is 356 g/mol. The number of hydrogen-bond donors (Lipinski definition) is 0. The number of ether oxygens (including phenoxy) is 1. The highest BCUT2D eigenvalue weighted by atomic mass is 19.2. The van der Waals surface area contributed by atoms with Gasteiger partial charge in [0.2, 0.25) is 0 Å². The van der Waals surface area contributed by atoms with Gasteiger partial charge >= 0.3 is 5.97 Å². The Morgan fingerprint density at radius 2 is 1.92 bits per heavy atom. The molecule has 0 saturated heterocycles. The van der Waals surface area contributed by atoms with Gasteiger partial charge in [-0.15, -0.1) is 5.10 Å². The van der Waals surface area contributed by atoms with Crippen LogP contribution in [0.5, 0.6) is 0 Å². The van der Waals surface area contributed by atoms with Gasteiger partial charge in [0, 0.05) is 5.56 Å². The van der Waals surface area contributed by atoms with Crippen LogP contribution in [0.15, 0.2) is 48.5 Å². The topological polar surface area (TPSA) is 69.9 Å². The first-order valence-electron chi connectivity index (χ1n) is 7.68. The molecular weight excluding hydrogens is 342 g/mol. The number of aryl methyl sites for hydroxylation is 1. The van der Waals surface area contributed by atoms with Crippen LogP contribution in [0, 0.1) is 18.6 Å². The molecule has 0 spiro atoms. The van der Waals surface area contributed by atoms with E-state index in [1.54, 1.807) is 25.1 Å². The summed E-state index contributed by atoms with van der Waals surface area (Å²) >= 11 is 0. The first kappa shape index (κ1) is 17.4. The van der Waals surface area contributed by atoms with Gasteiger partial charge < -0.3 is 4.74 Å². The zero-order valence-corrected chi connectivity index (χ0v) is 13.8. The largest absolute Gasteiger partial charge is 0.456 e. The molecule has 1 aromatic heterocycles. The fraction of sp³-hybridized carbons (Fsp3) is 0.111. The Kier molecular flexibility index (Phi) is 5.12. The van der Waals surface area contributed by atoms with Gasteiger partial charge in [-0.25, -0.2) is 13.6 Å². The molecule has 0 aliphatic carbocycles. The van der Waals surface area contributed by atoms with Crippen LogP contribution >= 0.6 is 0 Å². The molecule has 26 heavy (non-hydrogen) atoms. The molecule has 0 saturated carbocycles. The summed E-state index contributed by atoms with van der Waals surface area (Å²) in [7, 11) is 0. The second-order valence-corrected chi connectivity index (χ2v) is 5.37. The normalized spacial score (nSPS) is 11.4. The first-order chi connectivity index (χ1) is 12.6. The molecule has 1 heterocycles. The maximum absolute atomic E-state index is 13.7. The molecule has 0 radical (unpaired) electrons. The number of carbonyl (C=O) groups excluding carboxylic acids is 1. The van der Waals surface area contributed by atoms with Crippen LogP contribution in [0.2, 0.25) is 0 Å². The standard InChI is InChI=1S/C18H14F2N4O2/c1-12-21-22-23-24(12)16(10-13-6-3-2-4-7-13)18(25)26-11-14-8-5-9-15(19)17(14)20/h2-10H,11H2,1H3/b16-10-. The highest BCUT2D eigenvalue weighted by Gasteiger charge is 2.19. The van der Waals surface area contributed by atoms with Crippen molar-refractivity contribution in [3.05, 3.63) is 77.1 Å². The number of benzene rings is 2. The smallest absolute Gasteiger partial charge is 0.357 e. The summed E-state index contributed by atoms with van der Waals surface area (Å²) < 4.78 is 33.4. The van der Waals surface area contributed by atoms with Crippen LogP contribution in [0.3, 0.4) is 0 Å². The van der Waals surface area contributed by atoms with Crippen molar-refractivity contribution in [1.82, 2.24) is 20.2 Å². The minimum Gasteiger partial charge on any atom is -0.456 e. The summed E-state index contributed by atoms with van der Waals surface area (Å²) in [5, 5.41) is 11.0. The fourth-order valence-corrected chi connectivity index (χ4v) is 2.25. The monoisotopic (exact) mass is 356 g/mol. The minimum atomic E-state index is -1.05. The van der Waals surface area contributed by atoms with E-state index in [0.29, 0.717) is 5.82 Å². The van der Waals surface area contributed by atoms with Crippen molar-refractivity contribution >= 4 is 17.7 Å². The summed E-state index contributed by atoms with van der Waals surface area (Å²) in [6.07, 6.45) is 1.55. The van der Waals surface area contributed by atoms with Crippen molar-refractivity contribution < 1.29 is 18.3 Å². The average Bonchev–Trinajstić information content (AvgIpc) is 3.07. The zero-order chi connectivity index (χ0) is 18.5. The van der Waals surface area contributed by atoms with Gasteiger partial charge in [0.25, 0.3) is 0 Å². The van der Waals surface area contributed by atoms with Crippen LogP contribution < -0.4 is 0 Å². The molecule has 0 unspecified atom stereocenters. The third-order valence-electron chi connectivity index (χ3n) is 3.56. The van der Waals surface area contributed by atoms with Crippen LogP contribution in [0.1, 0.15) is 17.0 Å². The van der Waals surface area contributed by atoms with Crippen LogP contribution in [0.4, 0.5) is 8.78 Å². The maximum Gasteiger partial charge on any atom is 0.357 e. The maximum atomic E-state index is 13.7. The Labute approximate surface area is 147 Å². The number of tetrazole rings is 1. The molecule has 0 bridgehead atoms. The molecule has 2 aromatic carbocycles. The minimum absolute atomic E-state index is 0.0514. The second kappa shape index (κ2) is 7.64. The van der Waals surface area contributed by atoms with E-state index in [1.807, 2.05) is 18.2 Å². The van der Waals surface area contributed by atoms with Crippen molar-refractivity contribution in [3.63, 3.8) is 0 Å². The molecule has 132 valence electrons. The van der Waals surface area contributed by atoms with Crippen LogP contribution in [-0.2, 0) is 16.1 Å². The van der Waals surface area contributed by atoms with E-state index in [-0.39, 0.29) is 11.3 Å². The van der Waals surface area contributed by atoms with Crippen molar-refractivity contribution in [2.24, 2.45) is 0 Å². The van der Waals surface area contributed by atoms with Crippen molar-refractivity contribution in [2.75, 3.05) is 0 Å². The van der Waals surface area contributed by atoms with Crippen molar-refractivity contribution in [1.29, 1.82) is 0 Å². The van der Waals surface area contributed by atoms with Gasteiger partial charge in [0.1, 0.15) is 6.61 Å². The number of hydrogen-bond acceptors (Lipinski definition) is 5. The highest BCUT2D eigenvalue weighted by Crippen LogP contribution is 2.17. The molecule has 0 N–H and O–H groups in total. The molecular formula is C18H14F2N4O2. The lowest BCUT2D eigenvalue weighted by atomic mass is 10.2. The predicted octanol–water partition coefficient (Wildman–Crippen LogP) is 3.00. The lowest BCUT2D eigenvalue weighted by Crippen LogP contribution is -2.15. The second-order valence-electron chi connectivity index (χ2n) is 5.37. The Balaban J connectivity index is 1.87. The van der Waals surface area contributed by atoms with E-state index in [1.165, 1.54) is 16.8 Å². The molecule has 0 aliphatic heterocycles. The van der Waals surface area contributed by atoms with Crippen molar-refractivity contribution in [3.8, 4) is 0 Å². The molecule has 0 aliphatic rings. The quantitative estimate of drug-likeness (QED) is 0.519. The van der Waals surface area contributed by atoms with Crippen LogP contribution in [-0.4, -0.2) is 26.2 Å². The Hall–Kier alpha value is -3.42. The summed E-state index contributed by atoms with van der Waals surface area (Å²) in [5.74, 6) is -2.45. The summed E-state index contributed by atoms with van der Waals surface area (Å²) in [6.45, 7) is 1.20. The SMILES string of the molecule is Cc1nnnn1/C(=C\c1ccccc1)C(=O)OCc1cccc(F)c1F. The lowest BCUT2D eigenvalue weighted by Gasteiger charge is -2.10. The molecule has 0 fully saturated rings. The molecule has 0 amide bonds. The number of rotatable bonds is 5. The fourth-order valence-electron chi connectivity index (χ4n) is 2.25. The van der Waals surface area contributed by atoms with E-state index in [2.05, 4.69) is 15.5 Å². The predicted molar refractivity (Wildman–Crippen MR) is 89.3 cm³/mol. The van der Waals surface area contributed by atoms with Gasteiger partial charge in [-0.05, 0) is 35.1 Å². The van der Waals surface area contributed by atoms with E-state index in [9.17, 15) is 13.6 Å². The molecule has 6 nitrogen and oxygen atoms in total. The Bertz CT molecular complexity index is 955. The van der Waals surface area contributed by atoms with E-state index in [4.69, 9.17) is 4.74 Å². The van der Waals surface area contributed by atoms with Gasteiger partial charge in [0.15, 0.2) is 23.2 Å². The third-order valence-corrected chi connectivity index (χ3v) is 3.56. The lowest BCUT2D eigenvalue weighted by molar-refractivity contribution is -0.138. The Morgan fingerprint density at radius 3 is 2.62 bits per heavy atom. The van der Waals surface area contributed by atoms with Gasteiger partial charge in [0.05, 0.1) is 0 Å². The third kappa shape index (κ3) is 3.80. The van der Waals surface area contributed by atoms with Gasteiger partial charge in [-0.2, -0.15) is 4.68 Å². The zero-order valence-electron chi connectivity index (χ0n) is 13.8. The molecule has 0 atom stereocenters. The molecule has 3 aromatic rings. The van der Waals surface area contributed by atoms with E-state index < -0.39 is 24.2 Å². The van der Waals surface area contributed by atoms with Gasteiger partial charge in [-0.1, -0.05) is 42.5 Å². The van der Waals surface area contributed by atoms with Gasteiger partial charge in [-0.3, -0.25) is 0 Å². The Morgan fingerprint density at radius 1 is 1.15 bits per heavy atom. The first-order valence-corrected chi connectivity index (χ1v) is 7.68. The molecule has 3 rings (SSSR count). The van der Waals surface area contributed by atoms with Crippen molar-refractivity contribution in [2.45, 2.75) is 13.5 Å². The van der Waals surface area contributed by atoms with E-state index >= 15 is 0 Å².